The molecule has 0 atom stereocenters. The first-order valence-electron chi connectivity index (χ1n) is 7.80. The van der Waals surface area contributed by atoms with Crippen LogP contribution in [0.15, 0.2) is 62.2 Å². The van der Waals surface area contributed by atoms with Gasteiger partial charge in [-0.25, -0.2) is 9.78 Å². The van der Waals surface area contributed by atoms with E-state index in [1.165, 1.54) is 11.2 Å². The first-order valence-corrected chi connectivity index (χ1v) is 7.80. The number of para-hydroxylation sites is 1. The first-order chi connectivity index (χ1) is 12.2. The number of aromatic amines is 1. The van der Waals surface area contributed by atoms with Gasteiger partial charge in [0.25, 0.3) is 0 Å². The van der Waals surface area contributed by atoms with Gasteiger partial charge in [-0.1, -0.05) is 36.7 Å². The summed E-state index contributed by atoms with van der Waals surface area (Å²) < 4.78 is 5.38. The Hall–Kier alpha value is -3.42. The van der Waals surface area contributed by atoms with Crippen molar-refractivity contribution in [2.75, 3.05) is 5.01 Å². The molecular formula is C17H17N5O3. The summed E-state index contributed by atoms with van der Waals surface area (Å²) in [7, 11) is 0. The van der Waals surface area contributed by atoms with Gasteiger partial charge >= 0.3 is 5.63 Å². The van der Waals surface area contributed by atoms with Gasteiger partial charge < -0.3 is 14.6 Å². The van der Waals surface area contributed by atoms with Gasteiger partial charge in [-0.2, -0.15) is 10.1 Å². The van der Waals surface area contributed by atoms with E-state index in [4.69, 9.17) is 9.62 Å². The third-order valence-corrected chi connectivity index (χ3v) is 3.48. The van der Waals surface area contributed by atoms with Crippen LogP contribution in [-0.2, 0) is 0 Å². The van der Waals surface area contributed by atoms with Crippen LogP contribution in [0, 0.1) is 0 Å². The maximum atomic E-state index is 12.5. The van der Waals surface area contributed by atoms with Crippen LogP contribution >= 0.6 is 0 Å². The number of nitrogens with zero attached hydrogens (tertiary/aromatic N) is 4. The summed E-state index contributed by atoms with van der Waals surface area (Å²) in [4.78, 5) is 19.5. The second kappa shape index (κ2) is 7.43. The number of aromatic nitrogens is 2. The fourth-order valence-corrected chi connectivity index (χ4v) is 2.38. The van der Waals surface area contributed by atoms with Gasteiger partial charge in [0.05, 0.1) is 11.9 Å². The molecule has 2 N–H and O–H groups in total. The monoisotopic (exact) mass is 339 g/mol. The molecule has 3 aromatic rings. The van der Waals surface area contributed by atoms with E-state index < -0.39 is 5.63 Å². The van der Waals surface area contributed by atoms with Crippen LogP contribution in [-0.4, -0.2) is 27.1 Å². The standard InChI is InChI=1S/C17H17N5O3/c1-2-5-13(11-20-24)21-22(17-18-8-9-19-17)14-10-12-6-3-4-7-15(12)25-16(14)23/h3-4,6-11,24H,2,5H2,1H3,(H,18,19). The van der Waals surface area contributed by atoms with Crippen molar-refractivity contribution in [3.63, 3.8) is 0 Å². The summed E-state index contributed by atoms with van der Waals surface area (Å²) in [5.74, 6) is 0.350. The molecule has 25 heavy (non-hydrogen) atoms. The van der Waals surface area contributed by atoms with Gasteiger partial charge in [0.15, 0.2) is 5.69 Å². The van der Waals surface area contributed by atoms with E-state index in [0.717, 1.165) is 11.8 Å². The van der Waals surface area contributed by atoms with E-state index >= 15 is 0 Å². The predicted octanol–water partition coefficient (Wildman–Crippen LogP) is 3.27. The molecule has 0 amide bonds. The fourth-order valence-electron chi connectivity index (χ4n) is 2.38. The maximum absolute atomic E-state index is 12.5. The van der Waals surface area contributed by atoms with E-state index in [-0.39, 0.29) is 5.69 Å². The lowest BCUT2D eigenvalue weighted by molar-refractivity contribution is 0.322. The number of imidazole rings is 1. The number of hydrazone groups is 1. The molecule has 0 fully saturated rings. The van der Waals surface area contributed by atoms with Crippen molar-refractivity contribution in [3.8, 4) is 0 Å². The van der Waals surface area contributed by atoms with E-state index in [2.05, 4.69) is 20.2 Å². The minimum atomic E-state index is -0.546. The van der Waals surface area contributed by atoms with Gasteiger partial charge in [-0.05, 0) is 18.6 Å². The lowest BCUT2D eigenvalue weighted by Crippen LogP contribution is -2.21. The zero-order chi connectivity index (χ0) is 17.6. The van der Waals surface area contributed by atoms with Gasteiger partial charge in [0.1, 0.15) is 5.58 Å². The van der Waals surface area contributed by atoms with Crippen molar-refractivity contribution in [3.05, 3.63) is 53.1 Å². The number of oxime groups is 1. The number of hydrogen-bond donors (Lipinski definition) is 2. The van der Waals surface area contributed by atoms with E-state index in [1.54, 1.807) is 30.6 Å². The highest BCUT2D eigenvalue weighted by Gasteiger charge is 2.18. The average molecular weight is 339 g/mol. The van der Waals surface area contributed by atoms with Crippen LogP contribution in [0.1, 0.15) is 19.8 Å². The van der Waals surface area contributed by atoms with Crippen molar-refractivity contribution in [1.29, 1.82) is 0 Å². The molecule has 0 unspecified atom stereocenters. The van der Waals surface area contributed by atoms with Crippen molar-refractivity contribution >= 4 is 34.5 Å². The maximum Gasteiger partial charge on any atom is 0.362 e. The van der Waals surface area contributed by atoms with Crippen LogP contribution in [0.3, 0.4) is 0 Å². The molecule has 0 saturated heterocycles. The summed E-state index contributed by atoms with van der Waals surface area (Å²) in [5, 5.41) is 18.4. The second-order valence-corrected chi connectivity index (χ2v) is 5.27. The quantitative estimate of drug-likeness (QED) is 0.310. The number of fused-ring (bicyclic) bond motifs is 1. The highest BCUT2D eigenvalue weighted by atomic mass is 16.4. The van der Waals surface area contributed by atoms with Crippen LogP contribution in [0.5, 0.6) is 0 Å². The van der Waals surface area contributed by atoms with E-state index in [0.29, 0.717) is 23.7 Å². The Morgan fingerprint density at radius 1 is 1.44 bits per heavy atom. The zero-order valence-electron chi connectivity index (χ0n) is 13.6. The minimum absolute atomic E-state index is 0.202. The van der Waals surface area contributed by atoms with Gasteiger partial charge in [-0.3, -0.25) is 0 Å². The summed E-state index contributed by atoms with van der Waals surface area (Å²) in [6, 6.07) is 8.90. The molecule has 128 valence electrons. The van der Waals surface area contributed by atoms with Crippen molar-refractivity contribution in [2.24, 2.45) is 10.3 Å². The lowest BCUT2D eigenvalue weighted by atomic mass is 10.2. The topological polar surface area (TPSA) is 107 Å². The first kappa shape index (κ1) is 16.4. The molecule has 0 aliphatic carbocycles. The summed E-state index contributed by atoms with van der Waals surface area (Å²) >= 11 is 0. The van der Waals surface area contributed by atoms with E-state index in [1.807, 2.05) is 19.1 Å². The normalized spacial score (nSPS) is 12.1. The summed E-state index contributed by atoms with van der Waals surface area (Å²) in [6.45, 7) is 1.97. The molecule has 2 aromatic heterocycles. The molecule has 0 bridgehead atoms. The third-order valence-electron chi connectivity index (χ3n) is 3.48. The number of nitrogens with one attached hydrogen (secondary N) is 1. The Kier molecular flexibility index (Phi) is 4.89. The molecule has 0 radical (unpaired) electrons. The molecule has 1 aromatic carbocycles. The molecule has 0 aliphatic heterocycles. The van der Waals surface area contributed by atoms with Crippen LogP contribution in [0.2, 0.25) is 0 Å². The highest BCUT2D eigenvalue weighted by molar-refractivity contribution is 6.30. The number of benzene rings is 1. The summed E-state index contributed by atoms with van der Waals surface area (Å²) in [6.07, 6.45) is 5.78. The van der Waals surface area contributed by atoms with Crippen LogP contribution < -0.4 is 10.6 Å². The molecule has 8 heteroatoms. The average Bonchev–Trinajstić information content (AvgIpc) is 3.14. The minimum Gasteiger partial charge on any atom is -0.421 e. The molecule has 2 heterocycles. The second-order valence-electron chi connectivity index (χ2n) is 5.27. The number of anilines is 2. The summed E-state index contributed by atoms with van der Waals surface area (Å²) in [5.41, 5.74) is 0.642. The molecule has 0 aliphatic rings. The van der Waals surface area contributed by atoms with Gasteiger partial charge in [0.2, 0.25) is 5.95 Å². The SMILES string of the molecule is CCCC(C=NO)=NN(c1ncc[nH]1)c1cc2ccccc2oc1=O. The Balaban J connectivity index is 2.17. The smallest absolute Gasteiger partial charge is 0.362 e. The Morgan fingerprint density at radius 3 is 3.00 bits per heavy atom. The molecule has 0 spiro atoms. The highest BCUT2D eigenvalue weighted by Crippen LogP contribution is 2.23. The number of hydrogen-bond acceptors (Lipinski definition) is 7. The third kappa shape index (κ3) is 3.57. The predicted molar refractivity (Wildman–Crippen MR) is 95.8 cm³/mol. The zero-order valence-corrected chi connectivity index (χ0v) is 13.6. The van der Waals surface area contributed by atoms with E-state index in [9.17, 15) is 4.79 Å². The molecular weight excluding hydrogens is 322 g/mol. The number of H-pyrrole nitrogens is 1. The van der Waals surface area contributed by atoms with Crippen molar-refractivity contribution in [2.45, 2.75) is 19.8 Å². The Morgan fingerprint density at radius 2 is 2.28 bits per heavy atom. The van der Waals surface area contributed by atoms with Crippen LogP contribution in [0.25, 0.3) is 11.0 Å². The fraction of sp³-hybridized carbons (Fsp3) is 0.176. The van der Waals surface area contributed by atoms with Gasteiger partial charge in [0, 0.05) is 17.8 Å². The molecule has 0 saturated carbocycles. The van der Waals surface area contributed by atoms with Crippen molar-refractivity contribution in [1.82, 2.24) is 9.97 Å². The van der Waals surface area contributed by atoms with Gasteiger partial charge in [-0.15, -0.1) is 0 Å². The van der Waals surface area contributed by atoms with Crippen molar-refractivity contribution < 1.29 is 9.62 Å². The largest absolute Gasteiger partial charge is 0.421 e. The van der Waals surface area contributed by atoms with Crippen LogP contribution in [0.4, 0.5) is 11.6 Å². The Labute approximate surface area is 143 Å². The molecule has 8 nitrogen and oxygen atoms in total. The molecule has 3 rings (SSSR count). The lowest BCUT2D eigenvalue weighted by Gasteiger charge is -2.16. The number of rotatable bonds is 6. The Bertz CT molecular complexity index is 960.